The minimum absolute atomic E-state index is 0.0162. The molecule has 1 aliphatic heterocycles. The lowest BCUT2D eigenvalue weighted by Gasteiger charge is -2.38. The predicted molar refractivity (Wildman–Crippen MR) is 111 cm³/mol. The van der Waals surface area contributed by atoms with Crippen molar-refractivity contribution in [3.05, 3.63) is 53.5 Å². The molecule has 1 aliphatic rings. The van der Waals surface area contributed by atoms with Crippen LogP contribution in [0.2, 0.25) is 0 Å². The van der Waals surface area contributed by atoms with Crippen molar-refractivity contribution in [1.29, 1.82) is 5.41 Å². The summed E-state index contributed by atoms with van der Waals surface area (Å²) < 4.78 is 57.1. The van der Waals surface area contributed by atoms with E-state index in [4.69, 9.17) is 5.41 Å². The monoisotopic (exact) mass is 466 g/mol. The fourth-order valence-corrected chi connectivity index (χ4v) is 3.68. The summed E-state index contributed by atoms with van der Waals surface area (Å²) in [6.07, 6.45) is 1.67. The van der Waals surface area contributed by atoms with Gasteiger partial charge in [-0.2, -0.15) is 0 Å². The van der Waals surface area contributed by atoms with E-state index in [-0.39, 0.29) is 36.5 Å². The molecule has 0 bridgehead atoms. The number of carbonyl (C=O) groups excluding carboxylic acids is 2. The van der Waals surface area contributed by atoms with Crippen LogP contribution in [0.3, 0.4) is 0 Å². The zero-order valence-corrected chi connectivity index (χ0v) is 17.6. The highest BCUT2D eigenvalue weighted by Crippen LogP contribution is 2.35. The first-order chi connectivity index (χ1) is 15.6. The number of hydrogen-bond acceptors (Lipinski definition) is 6. The number of anilines is 1. The maximum atomic E-state index is 15.0. The first kappa shape index (κ1) is 24.1. The molecule has 33 heavy (non-hydrogen) atoms. The zero-order chi connectivity index (χ0) is 24.2. The standard InChI is InChI=1S/C21H22F4N6O2/c1-27-20(33)17-9-18(29-11-28-17)31-5-3-15(21(24,25)10-31)19(32)30-16(2-4-26)12-6-13(22)8-14(23)7-12/h4,6-9,11,15-16,26H,2-3,5,10H2,1H3,(H,27,33)(H,30,32). The van der Waals surface area contributed by atoms with Crippen molar-refractivity contribution in [3.63, 3.8) is 0 Å². The molecule has 12 heteroatoms. The lowest BCUT2D eigenvalue weighted by Crippen LogP contribution is -2.54. The van der Waals surface area contributed by atoms with E-state index >= 15 is 0 Å². The van der Waals surface area contributed by atoms with Crippen LogP contribution < -0.4 is 15.5 Å². The van der Waals surface area contributed by atoms with E-state index in [1.54, 1.807) is 0 Å². The number of benzene rings is 1. The molecule has 2 atom stereocenters. The summed E-state index contributed by atoms with van der Waals surface area (Å²) in [5, 5.41) is 12.1. The van der Waals surface area contributed by atoms with Gasteiger partial charge in [0.1, 0.15) is 35.4 Å². The number of piperidine rings is 1. The number of aromatic nitrogens is 2. The van der Waals surface area contributed by atoms with Gasteiger partial charge < -0.3 is 20.9 Å². The molecular formula is C21H22F4N6O2. The molecule has 176 valence electrons. The van der Waals surface area contributed by atoms with Crippen LogP contribution >= 0.6 is 0 Å². The normalized spacial score (nSPS) is 18.3. The Labute approximate surface area is 186 Å². The highest BCUT2D eigenvalue weighted by Gasteiger charge is 2.49. The van der Waals surface area contributed by atoms with E-state index in [9.17, 15) is 27.2 Å². The van der Waals surface area contributed by atoms with Gasteiger partial charge in [-0.1, -0.05) is 0 Å². The van der Waals surface area contributed by atoms with E-state index in [2.05, 4.69) is 20.6 Å². The summed E-state index contributed by atoms with van der Waals surface area (Å²) in [5.74, 6) is -8.26. The van der Waals surface area contributed by atoms with Gasteiger partial charge >= 0.3 is 0 Å². The van der Waals surface area contributed by atoms with Gasteiger partial charge in [0.05, 0.1) is 12.6 Å². The first-order valence-corrected chi connectivity index (χ1v) is 10.1. The molecule has 0 saturated carbocycles. The summed E-state index contributed by atoms with van der Waals surface area (Å²) in [5.41, 5.74) is 0.0512. The van der Waals surface area contributed by atoms with E-state index < -0.39 is 47.9 Å². The van der Waals surface area contributed by atoms with Gasteiger partial charge in [0.15, 0.2) is 0 Å². The van der Waals surface area contributed by atoms with E-state index in [0.29, 0.717) is 6.07 Å². The maximum absolute atomic E-state index is 15.0. The Balaban J connectivity index is 1.74. The summed E-state index contributed by atoms with van der Waals surface area (Å²) in [6.45, 7) is -0.763. The number of hydrogen-bond donors (Lipinski definition) is 3. The van der Waals surface area contributed by atoms with Crippen molar-refractivity contribution in [2.75, 3.05) is 25.0 Å². The van der Waals surface area contributed by atoms with Crippen LogP contribution in [0.5, 0.6) is 0 Å². The smallest absolute Gasteiger partial charge is 0.276 e. The third-order valence-electron chi connectivity index (χ3n) is 5.31. The van der Waals surface area contributed by atoms with E-state index in [0.717, 1.165) is 24.7 Å². The van der Waals surface area contributed by atoms with Crippen molar-refractivity contribution in [1.82, 2.24) is 20.6 Å². The topological polar surface area (TPSA) is 111 Å². The second kappa shape index (κ2) is 9.92. The molecule has 1 aromatic heterocycles. The van der Waals surface area contributed by atoms with Gasteiger partial charge in [0.25, 0.3) is 11.8 Å². The molecule has 1 saturated heterocycles. The Kier molecular flexibility index (Phi) is 7.24. The van der Waals surface area contributed by atoms with Crippen LogP contribution in [0.15, 0.2) is 30.6 Å². The van der Waals surface area contributed by atoms with Crippen molar-refractivity contribution < 1.29 is 27.2 Å². The number of carbonyl (C=O) groups is 2. The largest absolute Gasteiger partial charge is 0.354 e. The Bertz CT molecular complexity index is 1030. The second-order valence-electron chi connectivity index (χ2n) is 7.57. The number of alkyl halides is 2. The van der Waals surface area contributed by atoms with Crippen molar-refractivity contribution in [2.24, 2.45) is 5.92 Å². The van der Waals surface area contributed by atoms with Gasteiger partial charge in [-0.3, -0.25) is 9.59 Å². The molecule has 2 unspecified atom stereocenters. The molecule has 2 heterocycles. The highest BCUT2D eigenvalue weighted by molar-refractivity contribution is 5.92. The van der Waals surface area contributed by atoms with Gasteiger partial charge in [-0.25, -0.2) is 27.5 Å². The molecular weight excluding hydrogens is 444 g/mol. The molecule has 0 spiro atoms. The number of halogens is 4. The average Bonchev–Trinajstić information content (AvgIpc) is 2.76. The summed E-state index contributed by atoms with van der Waals surface area (Å²) in [6, 6.07) is 2.87. The minimum atomic E-state index is -3.46. The van der Waals surface area contributed by atoms with Crippen molar-refractivity contribution in [2.45, 2.75) is 24.8 Å². The highest BCUT2D eigenvalue weighted by atomic mass is 19.3. The predicted octanol–water partition coefficient (Wildman–Crippen LogP) is 2.47. The van der Waals surface area contributed by atoms with Crippen LogP contribution in [0.4, 0.5) is 23.4 Å². The Morgan fingerprint density at radius 2 is 1.94 bits per heavy atom. The van der Waals surface area contributed by atoms with Crippen LogP contribution in [-0.4, -0.2) is 54.1 Å². The van der Waals surface area contributed by atoms with Gasteiger partial charge in [0.2, 0.25) is 5.91 Å². The maximum Gasteiger partial charge on any atom is 0.276 e. The van der Waals surface area contributed by atoms with Crippen LogP contribution in [0, 0.1) is 23.0 Å². The molecule has 3 rings (SSSR count). The lowest BCUT2D eigenvalue weighted by atomic mass is 9.91. The molecule has 2 amide bonds. The minimum Gasteiger partial charge on any atom is -0.354 e. The van der Waals surface area contributed by atoms with Crippen LogP contribution in [-0.2, 0) is 4.79 Å². The molecule has 1 fully saturated rings. The lowest BCUT2D eigenvalue weighted by molar-refractivity contribution is -0.142. The number of rotatable bonds is 7. The Hall–Kier alpha value is -3.57. The van der Waals surface area contributed by atoms with Crippen LogP contribution in [0.25, 0.3) is 0 Å². The van der Waals surface area contributed by atoms with Crippen molar-refractivity contribution >= 4 is 23.8 Å². The SMILES string of the molecule is CNC(=O)c1cc(N2CCC(C(=O)NC(CC=N)c3cc(F)cc(F)c3)C(F)(F)C2)ncn1. The molecule has 0 aliphatic carbocycles. The molecule has 2 aromatic rings. The quantitative estimate of drug-likeness (QED) is 0.429. The zero-order valence-electron chi connectivity index (χ0n) is 17.6. The Morgan fingerprint density at radius 1 is 1.24 bits per heavy atom. The molecule has 1 aromatic carbocycles. The summed E-state index contributed by atoms with van der Waals surface area (Å²) >= 11 is 0. The fourth-order valence-electron chi connectivity index (χ4n) is 3.68. The number of amides is 2. The number of nitrogens with zero attached hydrogens (tertiary/aromatic N) is 3. The first-order valence-electron chi connectivity index (χ1n) is 10.1. The third kappa shape index (κ3) is 5.62. The molecule has 3 N–H and O–H groups in total. The third-order valence-corrected chi connectivity index (χ3v) is 5.31. The average molecular weight is 466 g/mol. The van der Waals surface area contributed by atoms with Gasteiger partial charge in [-0.05, 0) is 30.3 Å². The van der Waals surface area contributed by atoms with E-state index in [1.807, 2.05) is 0 Å². The number of nitrogens with one attached hydrogen (secondary N) is 3. The van der Waals surface area contributed by atoms with E-state index in [1.165, 1.54) is 18.0 Å². The summed E-state index contributed by atoms with van der Waals surface area (Å²) in [7, 11) is 1.41. The molecule has 0 radical (unpaired) electrons. The Morgan fingerprint density at radius 3 is 2.55 bits per heavy atom. The summed E-state index contributed by atoms with van der Waals surface area (Å²) in [4.78, 5) is 33.5. The van der Waals surface area contributed by atoms with Gasteiger partial charge in [-0.15, -0.1) is 0 Å². The van der Waals surface area contributed by atoms with Crippen LogP contribution in [0.1, 0.15) is 34.9 Å². The fraction of sp³-hybridized carbons (Fsp3) is 0.381. The van der Waals surface area contributed by atoms with Gasteiger partial charge in [0, 0.05) is 32.1 Å². The van der Waals surface area contributed by atoms with Crippen molar-refractivity contribution in [3.8, 4) is 0 Å². The second-order valence-corrected chi connectivity index (χ2v) is 7.57. The molecule has 8 nitrogen and oxygen atoms in total.